The van der Waals surface area contributed by atoms with Crippen LogP contribution in [0.25, 0.3) is 0 Å². The van der Waals surface area contributed by atoms with Gasteiger partial charge in [-0.1, -0.05) is 0 Å². The molecule has 1 heterocycles. The van der Waals surface area contributed by atoms with Gasteiger partial charge >= 0.3 is 19.5 Å². The first kappa shape index (κ1) is 16.8. The van der Waals surface area contributed by atoms with Crippen LogP contribution in [0.3, 0.4) is 0 Å². The number of nitrogens with zero attached hydrogens (tertiary/aromatic N) is 2. The number of hydrogen-bond acceptors (Lipinski definition) is 2. The molecule has 0 aromatic rings. The molecule has 0 spiro atoms. The van der Waals surface area contributed by atoms with E-state index >= 15 is 0 Å². The first-order valence-electron chi connectivity index (χ1n) is 2.54. The molecule has 4 N–H and O–H groups in total. The predicted molar refractivity (Wildman–Crippen MR) is 36.8 cm³/mol. The normalized spacial score (nSPS) is 18.6. The Morgan fingerprint density at radius 1 is 1.00 bits per heavy atom. The summed E-state index contributed by atoms with van der Waals surface area (Å²) in [5, 5.41) is 0. The number of likely N-dealkylation sites (N-methyl/N-ethyl adjacent to an activating group) is 2. The van der Waals surface area contributed by atoms with Crippen LogP contribution in [0.4, 0.5) is 0 Å². The Morgan fingerprint density at radius 2 is 1.30 bits per heavy atom. The average molecular weight is 236 g/mol. The molecule has 1 saturated heterocycles. The average Bonchev–Trinajstić information content (AvgIpc) is 1.87. The van der Waals surface area contributed by atoms with Crippen molar-refractivity contribution in [3.63, 3.8) is 0 Å². The summed E-state index contributed by atoms with van der Waals surface area (Å²) in [5.41, 5.74) is 0. The monoisotopic (exact) mass is 237 g/mol. The molecule has 0 saturated carbocycles. The molecule has 1 aliphatic rings. The molecule has 4 nitrogen and oxygen atoms in total. The Bertz CT molecular complexity index is 66.7. The Balaban J connectivity index is -0.000000163. The van der Waals surface area contributed by atoms with Gasteiger partial charge in [0, 0.05) is 0 Å². The number of rotatable bonds is 0. The van der Waals surface area contributed by atoms with E-state index in [4.69, 9.17) is 0 Å². The third kappa shape index (κ3) is 5.26. The van der Waals surface area contributed by atoms with Crippen molar-refractivity contribution in [1.82, 2.24) is 9.80 Å². The summed E-state index contributed by atoms with van der Waals surface area (Å²) in [4.78, 5) is 4.36. The Labute approximate surface area is 74.6 Å². The van der Waals surface area contributed by atoms with Crippen LogP contribution in [-0.4, -0.2) is 47.9 Å². The minimum Gasteiger partial charge on any atom is -0.444 e. The molecule has 1 fully saturated rings. The minimum atomic E-state index is 0. The molecule has 10 heavy (non-hydrogen) atoms. The molecule has 0 aliphatic carbocycles. The molecule has 0 aromatic heterocycles. The molecule has 1 rings (SSSR count). The van der Waals surface area contributed by atoms with Gasteiger partial charge in [0.05, 0.1) is 0 Å². The Hall–Kier alpha value is 0.463. The fraction of sp³-hybridized carbons (Fsp3) is 0.800. The topological polar surface area (TPSA) is 69.5 Å². The van der Waals surface area contributed by atoms with Crippen LogP contribution >= 0.6 is 0 Å². The van der Waals surface area contributed by atoms with Crippen molar-refractivity contribution in [2.24, 2.45) is 0 Å². The summed E-state index contributed by atoms with van der Waals surface area (Å²) in [6, 6.07) is 0. The summed E-state index contributed by atoms with van der Waals surface area (Å²) >= 11 is 0. The molecule has 0 aromatic carbocycles. The van der Waals surface area contributed by atoms with Crippen molar-refractivity contribution >= 4 is 0 Å². The van der Waals surface area contributed by atoms with Gasteiger partial charge in [-0.05, 0) is 27.2 Å². The van der Waals surface area contributed by atoms with E-state index in [0.717, 1.165) is 0 Å². The molecule has 1 radical (unpaired) electrons. The van der Waals surface area contributed by atoms with Crippen molar-refractivity contribution in [3.05, 3.63) is 6.67 Å². The fourth-order valence-corrected chi connectivity index (χ4v) is 0.767. The van der Waals surface area contributed by atoms with Crippen molar-refractivity contribution in [2.45, 2.75) is 0 Å². The molecule has 5 heteroatoms. The molecule has 1 aliphatic heterocycles. The second-order valence-corrected chi connectivity index (χ2v) is 2.08. The minimum absolute atomic E-state index is 0. The zero-order valence-electron chi connectivity index (χ0n) is 6.24. The van der Waals surface area contributed by atoms with Crippen molar-refractivity contribution in [1.29, 1.82) is 0 Å². The van der Waals surface area contributed by atoms with Crippen LogP contribution in [0, 0.1) is 6.67 Å². The van der Waals surface area contributed by atoms with Gasteiger partial charge in [0.25, 0.3) is 0 Å². The summed E-state index contributed by atoms with van der Waals surface area (Å²) < 4.78 is 0. The van der Waals surface area contributed by atoms with E-state index < -0.39 is 0 Å². The second kappa shape index (κ2) is 7.57. The van der Waals surface area contributed by atoms with Crippen LogP contribution in [0.5, 0.6) is 0 Å². The van der Waals surface area contributed by atoms with E-state index in [1.807, 2.05) is 0 Å². The van der Waals surface area contributed by atoms with E-state index in [1.54, 1.807) is 0 Å². The fourth-order valence-electron chi connectivity index (χ4n) is 0.767. The summed E-state index contributed by atoms with van der Waals surface area (Å²) in [6.07, 6.45) is 0. The molecule has 0 bridgehead atoms. The van der Waals surface area contributed by atoms with Gasteiger partial charge in [-0.3, -0.25) is 0 Å². The van der Waals surface area contributed by atoms with Crippen molar-refractivity contribution < 1.29 is 30.4 Å². The van der Waals surface area contributed by atoms with E-state index in [2.05, 4.69) is 30.6 Å². The molecule has 65 valence electrons. The first-order chi connectivity index (χ1) is 3.29. The number of hydrogen-bond donors (Lipinski definition) is 0. The smallest absolute Gasteiger partial charge is 0.444 e. The summed E-state index contributed by atoms with van der Waals surface area (Å²) in [7, 11) is 4.17. The predicted octanol–water partition coefficient (Wildman–Crippen LogP) is -1.67. The van der Waals surface area contributed by atoms with Crippen LogP contribution in [0.15, 0.2) is 0 Å². The SMILES string of the molecule is CN1[CH-]N(C)CC1.O.O.[Ru+]. The Morgan fingerprint density at radius 3 is 1.40 bits per heavy atom. The van der Waals surface area contributed by atoms with E-state index in [1.165, 1.54) is 13.1 Å². The van der Waals surface area contributed by atoms with E-state index in [0.29, 0.717) is 0 Å². The zero-order chi connectivity index (χ0) is 5.28. The standard InChI is InChI=1S/C5H11N2.2H2O.Ru/c1-6-3-4-7(2)5-6;;;/h5H,3-4H2,1-2H3;2*1H2;/q-1;;;+1. The third-order valence-corrected chi connectivity index (χ3v) is 1.20. The largest absolute Gasteiger partial charge is 1.00 e. The van der Waals surface area contributed by atoms with E-state index in [9.17, 15) is 0 Å². The summed E-state index contributed by atoms with van der Waals surface area (Å²) in [5.74, 6) is 0. The van der Waals surface area contributed by atoms with Gasteiger partial charge in [0.1, 0.15) is 0 Å². The maximum atomic E-state index is 2.18. The van der Waals surface area contributed by atoms with Crippen LogP contribution in [0.2, 0.25) is 0 Å². The van der Waals surface area contributed by atoms with Gasteiger partial charge < -0.3 is 20.8 Å². The van der Waals surface area contributed by atoms with E-state index in [-0.39, 0.29) is 30.4 Å². The molecule has 0 unspecified atom stereocenters. The van der Waals surface area contributed by atoms with Crippen molar-refractivity contribution in [3.8, 4) is 0 Å². The third-order valence-electron chi connectivity index (χ3n) is 1.20. The van der Waals surface area contributed by atoms with Gasteiger partial charge in [-0.15, -0.1) is 0 Å². The first-order valence-corrected chi connectivity index (χ1v) is 2.54. The van der Waals surface area contributed by atoms with Gasteiger partial charge in [0.15, 0.2) is 0 Å². The van der Waals surface area contributed by atoms with Gasteiger partial charge in [0.2, 0.25) is 0 Å². The van der Waals surface area contributed by atoms with Crippen molar-refractivity contribution in [2.75, 3.05) is 27.2 Å². The molecule has 0 amide bonds. The quantitative estimate of drug-likeness (QED) is 0.373. The van der Waals surface area contributed by atoms with Crippen LogP contribution in [-0.2, 0) is 19.5 Å². The Kier molecular flexibility index (Phi) is 12.7. The second-order valence-electron chi connectivity index (χ2n) is 2.08. The molecule has 0 atom stereocenters. The molecular formula is C5H15N2O2Ru. The molecular weight excluding hydrogens is 221 g/mol. The summed E-state index contributed by atoms with van der Waals surface area (Å²) in [6.45, 7) is 4.47. The van der Waals surface area contributed by atoms with Gasteiger partial charge in [-0.2, -0.15) is 0 Å². The van der Waals surface area contributed by atoms with Gasteiger partial charge in [-0.25, -0.2) is 6.67 Å². The maximum absolute atomic E-state index is 2.18. The van der Waals surface area contributed by atoms with Crippen LogP contribution < -0.4 is 0 Å². The zero-order valence-corrected chi connectivity index (χ0v) is 7.98. The van der Waals surface area contributed by atoms with Crippen LogP contribution in [0.1, 0.15) is 0 Å². The maximum Gasteiger partial charge on any atom is 1.00 e.